The number of primary amides is 1. The van der Waals surface area contributed by atoms with Gasteiger partial charge in [-0.2, -0.15) is 5.10 Å². The average molecular weight is 367 g/mol. The summed E-state index contributed by atoms with van der Waals surface area (Å²) in [4.78, 5) is 11.2. The van der Waals surface area contributed by atoms with Crippen molar-refractivity contribution < 1.29 is 9.90 Å². The summed E-state index contributed by atoms with van der Waals surface area (Å²) in [5, 5.41) is 15.2. The van der Waals surface area contributed by atoms with Crippen LogP contribution in [0.4, 0.5) is 4.79 Å². The molecular formula is C22H29N3O2. The second kappa shape index (κ2) is 7.43. The Kier molecular flexibility index (Phi) is 5.64. The number of benzene rings is 2. The Hall–Kier alpha value is -2.82. The maximum Gasteiger partial charge on any atom is 0.332 e. The molecule has 0 fully saturated rings. The molecular weight excluding hydrogens is 338 g/mol. The van der Waals surface area contributed by atoms with E-state index in [9.17, 15) is 9.90 Å². The van der Waals surface area contributed by atoms with E-state index in [1.807, 2.05) is 42.5 Å². The number of aromatic hydroxyl groups is 1. The topological polar surface area (TPSA) is 87.7 Å². The number of phenols is 1. The molecule has 2 rings (SSSR count). The van der Waals surface area contributed by atoms with Gasteiger partial charge in [0.2, 0.25) is 0 Å². The van der Waals surface area contributed by atoms with Crippen molar-refractivity contribution >= 4 is 11.7 Å². The average Bonchev–Trinajstić information content (AvgIpc) is 2.54. The van der Waals surface area contributed by atoms with Gasteiger partial charge in [0.1, 0.15) is 5.75 Å². The second-order valence-corrected chi connectivity index (χ2v) is 8.72. The van der Waals surface area contributed by atoms with Crippen molar-refractivity contribution in [2.75, 3.05) is 0 Å². The molecule has 2 aromatic rings. The minimum atomic E-state index is -0.728. The third-order valence-corrected chi connectivity index (χ3v) is 4.32. The van der Waals surface area contributed by atoms with E-state index >= 15 is 0 Å². The van der Waals surface area contributed by atoms with E-state index in [0.29, 0.717) is 11.5 Å². The van der Waals surface area contributed by atoms with Gasteiger partial charge in [-0.05, 0) is 23.0 Å². The van der Waals surface area contributed by atoms with Crippen LogP contribution in [-0.2, 0) is 10.8 Å². The SMILES string of the molecule is CC(C)(C)c1cc(C(=NNC(N)=O)c2ccccc2)cc(C(C)(C)C)c1O. The van der Waals surface area contributed by atoms with Crippen molar-refractivity contribution in [1.29, 1.82) is 0 Å². The van der Waals surface area contributed by atoms with E-state index in [0.717, 1.165) is 22.3 Å². The molecule has 0 aliphatic rings. The first kappa shape index (κ1) is 20.5. The molecule has 0 aliphatic heterocycles. The van der Waals surface area contributed by atoms with Crippen LogP contribution < -0.4 is 11.2 Å². The number of carbonyl (C=O) groups excluding carboxylic acids is 1. The summed E-state index contributed by atoms with van der Waals surface area (Å²) in [7, 11) is 0. The second-order valence-electron chi connectivity index (χ2n) is 8.72. The number of nitrogens with two attached hydrogens (primary N) is 1. The number of phenolic OH excluding ortho intramolecular Hbond substituents is 1. The lowest BCUT2D eigenvalue weighted by Gasteiger charge is -2.28. The zero-order chi connectivity index (χ0) is 20.4. The molecule has 0 bridgehead atoms. The number of hydrazone groups is 1. The van der Waals surface area contributed by atoms with Crippen LogP contribution in [0.15, 0.2) is 47.6 Å². The molecule has 0 spiro atoms. The van der Waals surface area contributed by atoms with Crippen LogP contribution in [0.5, 0.6) is 5.75 Å². The highest BCUT2D eigenvalue weighted by Gasteiger charge is 2.27. The summed E-state index contributed by atoms with van der Waals surface area (Å²) in [5.41, 5.74) is 10.9. The summed E-state index contributed by atoms with van der Waals surface area (Å²) in [6.07, 6.45) is 0. The highest BCUT2D eigenvalue weighted by molar-refractivity contribution is 6.13. The number of carbonyl (C=O) groups is 1. The molecule has 0 unspecified atom stereocenters. The summed E-state index contributed by atoms with van der Waals surface area (Å²) in [6, 6.07) is 12.7. The van der Waals surface area contributed by atoms with Gasteiger partial charge in [0.05, 0.1) is 5.71 Å². The quantitative estimate of drug-likeness (QED) is 0.554. The smallest absolute Gasteiger partial charge is 0.332 e. The van der Waals surface area contributed by atoms with E-state index < -0.39 is 6.03 Å². The van der Waals surface area contributed by atoms with Crippen molar-refractivity contribution in [3.63, 3.8) is 0 Å². The van der Waals surface area contributed by atoms with Crippen molar-refractivity contribution in [3.05, 3.63) is 64.7 Å². The number of rotatable bonds is 3. The van der Waals surface area contributed by atoms with Crippen LogP contribution in [0.1, 0.15) is 63.8 Å². The third kappa shape index (κ3) is 4.88. The molecule has 0 radical (unpaired) electrons. The van der Waals surface area contributed by atoms with Gasteiger partial charge in [0.25, 0.3) is 0 Å². The van der Waals surface area contributed by atoms with Gasteiger partial charge in [0, 0.05) is 22.3 Å². The lowest BCUT2D eigenvalue weighted by Crippen LogP contribution is -2.26. The summed E-state index contributed by atoms with van der Waals surface area (Å²) in [5.74, 6) is 0.300. The van der Waals surface area contributed by atoms with Crippen LogP contribution in [0, 0.1) is 0 Å². The molecule has 5 heteroatoms. The molecule has 0 heterocycles. The Labute approximate surface area is 161 Å². The molecule has 2 aromatic carbocycles. The van der Waals surface area contributed by atoms with Gasteiger partial charge < -0.3 is 10.8 Å². The van der Waals surface area contributed by atoms with E-state index in [1.165, 1.54) is 0 Å². The maximum absolute atomic E-state index is 11.2. The molecule has 0 atom stereocenters. The highest BCUT2D eigenvalue weighted by atomic mass is 16.3. The van der Waals surface area contributed by atoms with Crippen LogP contribution in [0.2, 0.25) is 0 Å². The van der Waals surface area contributed by atoms with Crippen LogP contribution >= 0.6 is 0 Å². The third-order valence-electron chi connectivity index (χ3n) is 4.32. The van der Waals surface area contributed by atoms with Crippen molar-refractivity contribution in [3.8, 4) is 5.75 Å². The standard InChI is InChI=1S/C22H29N3O2/c1-21(2,3)16-12-15(13-17(19(16)26)22(4,5)6)18(24-25-20(23)27)14-10-8-7-9-11-14/h7-13,26H,1-6H3,(H3,23,25,27). The van der Waals surface area contributed by atoms with E-state index in [4.69, 9.17) is 5.73 Å². The minimum absolute atomic E-state index is 0.265. The fourth-order valence-electron chi connectivity index (χ4n) is 2.92. The van der Waals surface area contributed by atoms with Gasteiger partial charge in [0.15, 0.2) is 0 Å². The van der Waals surface area contributed by atoms with E-state index in [1.54, 1.807) is 0 Å². The molecule has 27 heavy (non-hydrogen) atoms. The number of nitrogens with one attached hydrogen (secondary N) is 1. The molecule has 0 saturated carbocycles. The molecule has 0 saturated heterocycles. The van der Waals surface area contributed by atoms with Crippen molar-refractivity contribution in [1.82, 2.24) is 5.43 Å². The lowest BCUT2D eigenvalue weighted by atomic mass is 9.77. The molecule has 2 amide bonds. The number of nitrogens with zero attached hydrogens (tertiary/aromatic N) is 1. The monoisotopic (exact) mass is 367 g/mol. The predicted octanol–water partition coefficient (Wildman–Crippen LogP) is 4.41. The van der Waals surface area contributed by atoms with Gasteiger partial charge in [-0.25, -0.2) is 10.2 Å². The van der Waals surface area contributed by atoms with Crippen molar-refractivity contribution in [2.24, 2.45) is 10.8 Å². The normalized spacial score (nSPS) is 12.7. The van der Waals surface area contributed by atoms with E-state index in [-0.39, 0.29) is 10.8 Å². The Morgan fingerprint density at radius 2 is 1.41 bits per heavy atom. The summed E-state index contributed by atoms with van der Waals surface area (Å²) >= 11 is 0. The lowest BCUT2D eigenvalue weighted by molar-refractivity contribution is 0.249. The number of hydrogen-bond acceptors (Lipinski definition) is 3. The van der Waals surface area contributed by atoms with Gasteiger partial charge >= 0.3 is 6.03 Å². The number of urea groups is 1. The molecule has 5 nitrogen and oxygen atoms in total. The number of amides is 2. The summed E-state index contributed by atoms with van der Waals surface area (Å²) < 4.78 is 0. The summed E-state index contributed by atoms with van der Waals surface area (Å²) in [6.45, 7) is 12.3. The Bertz CT molecular complexity index is 822. The fraction of sp³-hybridized carbons (Fsp3) is 0.364. The molecule has 4 N–H and O–H groups in total. The van der Waals surface area contributed by atoms with E-state index in [2.05, 4.69) is 52.1 Å². The number of hydrogen-bond donors (Lipinski definition) is 3. The van der Waals surface area contributed by atoms with Crippen molar-refractivity contribution in [2.45, 2.75) is 52.4 Å². The molecule has 144 valence electrons. The largest absolute Gasteiger partial charge is 0.507 e. The Morgan fingerprint density at radius 1 is 0.926 bits per heavy atom. The zero-order valence-corrected chi connectivity index (χ0v) is 16.9. The van der Waals surface area contributed by atoms with Crippen LogP contribution in [0.3, 0.4) is 0 Å². The van der Waals surface area contributed by atoms with Crippen LogP contribution in [-0.4, -0.2) is 16.8 Å². The Morgan fingerprint density at radius 3 is 1.81 bits per heavy atom. The van der Waals surface area contributed by atoms with Gasteiger partial charge in [-0.15, -0.1) is 0 Å². The highest BCUT2D eigenvalue weighted by Crippen LogP contribution is 2.40. The predicted molar refractivity (Wildman–Crippen MR) is 110 cm³/mol. The van der Waals surface area contributed by atoms with Crippen LogP contribution in [0.25, 0.3) is 0 Å². The molecule has 0 aromatic heterocycles. The first-order valence-corrected chi connectivity index (χ1v) is 8.98. The minimum Gasteiger partial charge on any atom is -0.507 e. The first-order valence-electron chi connectivity index (χ1n) is 8.98. The molecule has 0 aliphatic carbocycles. The van der Waals surface area contributed by atoms with Gasteiger partial charge in [-0.1, -0.05) is 71.9 Å². The maximum atomic E-state index is 11.2. The zero-order valence-electron chi connectivity index (χ0n) is 16.9. The fourth-order valence-corrected chi connectivity index (χ4v) is 2.92. The van der Waals surface area contributed by atoms with Gasteiger partial charge in [-0.3, -0.25) is 0 Å². The first-order chi connectivity index (χ1) is 12.4. The Balaban J connectivity index is 2.79.